The van der Waals surface area contributed by atoms with E-state index in [1.807, 2.05) is 23.9 Å². The molecule has 2 unspecified atom stereocenters. The highest BCUT2D eigenvalue weighted by molar-refractivity contribution is 8.00. The lowest BCUT2D eigenvalue weighted by molar-refractivity contribution is 0.0426. The molecular formula is C10H13NOS. The minimum absolute atomic E-state index is 0.287. The van der Waals surface area contributed by atoms with Gasteiger partial charge in [0.05, 0.1) is 0 Å². The molecule has 1 fully saturated rings. The van der Waals surface area contributed by atoms with Gasteiger partial charge in [-0.15, -0.1) is 0 Å². The number of thioether (sulfide) groups is 1. The Bertz CT molecular complexity index is 290. The monoisotopic (exact) mass is 195 g/mol. The van der Waals surface area contributed by atoms with Gasteiger partial charge in [-0.2, -0.15) is 11.8 Å². The first-order chi connectivity index (χ1) is 6.23. The molecule has 2 rings (SSSR count). The van der Waals surface area contributed by atoms with Crippen molar-refractivity contribution in [3.63, 3.8) is 0 Å². The van der Waals surface area contributed by atoms with Crippen LogP contribution in [0.1, 0.15) is 18.9 Å². The molecule has 2 heterocycles. The SMILES string of the molecule is CC1SCCC1(O)c1ccncc1. The van der Waals surface area contributed by atoms with E-state index in [0.29, 0.717) is 0 Å². The van der Waals surface area contributed by atoms with Crippen LogP contribution in [0.4, 0.5) is 0 Å². The molecular weight excluding hydrogens is 182 g/mol. The third kappa shape index (κ3) is 1.46. The Kier molecular flexibility index (Phi) is 2.30. The summed E-state index contributed by atoms with van der Waals surface area (Å²) in [5, 5.41) is 10.7. The van der Waals surface area contributed by atoms with Crippen molar-refractivity contribution < 1.29 is 5.11 Å². The zero-order chi connectivity index (χ0) is 9.31. The van der Waals surface area contributed by atoms with Gasteiger partial charge in [-0.3, -0.25) is 4.98 Å². The van der Waals surface area contributed by atoms with E-state index in [1.165, 1.54) is 0 Å². The lowest BCUT2D eigenvalue weighted by Crippen LogP contribution is -2.31. The van der Waals surface area contributed by atoms with E-state index in [-0.39, 0.29) is 5.25 Å². The summed E-state index contributed by atoms with van der Waals surface area (Å²) in [6.45, 7) is 2.08. The van der Waals surface area contributed by atoms with E-state index in [0.717, 1.165) is 17.7 Å². The summed E-state index contributed by atoms with van der Waals surface area (Å²) in [5.74, 6) is 1.04. The fourth-order valence-corrected chi connectivity index (χ4v) is 3.06. The van der Waals surface area contributed by atoms with Crippen LogP contribution in [-0.4, -0.2) is 21.1 Å². The fourth-order valence-electron chi connectivity index (χ4n) is 1.75. The van der Waals surface area contributed by atoms with Crippen LogP contribution in [0.15, 0.2) is 24.5 Å². The number of pyridine rings is 1. The molecule has 1 saturated heterocycles. The van der Waals surface area contributed by atoms with Crippen LogP contribution in [-0.2, 0) is 5.60 Å². The predicted molar refractivity (Wildman–Crippen MR) is 54.7 cm³/mol. The Morgan fingerprint density at radius 3 is 2.77 bits per heavy atom. The number of aromatic nitrogens is 1. The highest BCUT2D eigenvalue weighted by atomic mass is 32.2. The van der Waals surface area contributed by atoms with Crippen LogP contribution < -0.4 is 0 Å². The lowest BCUT2D eigenvalue weighted by atomic mass is 9.89. The summed E-state index contributed by atoms with van der Waals surface area (Å²) in [7, 11) is 0. The van der Waals surface area contributed by atoms with Gasteiger partial charge in [0.2, 0.25) is 0 Å². The molecule has 0 aliphatic carbocycles. The average Bonchev–Trinajstić information content (AvgIpc) is 2.50. The van der Waals surface area contributed by atoms with Crippen molar-refractivity contribution in [2.75, 3.05) is 5.75 Å². The van der Waals surface area contributed by atoms with Crippen molar-refractivity contribution in [3.05, 3.63) is 30.1 Å². The predicted octanol–water partition coefficient (Wildman–Crippen LogP) is 1.79. The minimum atomic E-state index is -0.631. The molecule has 1 aliphatic rings. The number of nitrogens with zero attached hydrogens (tertiary/aromatic N) is 1. The van der Waals surface area contributed by atoms with Crippen molar-refractivity contribution in [1.82, 2.24) is 4.98 Å². The summed E-state index contributed by atoms with van der Waals surface area (Å²) in [6, 6.07) is 3.81. The quantitative estimate of drug-likeness (QED) is 0.741. The first-order valence-electron chi connectivity index (χ1n) is 4.48. The second-order valence-electron chi connectivity index (χ2n) is 3.42. The largest absolute Gasteiger partial charge is 0.384 e. The van der Waals surface area contributed by atoms with Crippen LogP contribution in [0.2, 0.25) is 0 Å². The number of rotatable bonds is 1. The molecule has 3 heteroatoms. The van der Waals surface area contributed by atoms with Gasteiger partial charge in [0, 0.05) is 17.6 Å². The maximum Gasteiger partial charge on any atom is 0.102 e. The lowest BCUT2D eigenvalue weighted by Gasteiger charge is -2.26. The second-order valence-corrected chi connectivity index (χ2v) is 4.87. The second kappa shape index (κ2) is 3.31. The molecule has 0 saturated carbocycles. The van der Waals surface area contributed by atoms with Crippen molar-refractivity contribution in [3.8, 4) is 0 Å². The molecule has 0 amide bonds. The molecule has 70 valence electrons. The van der Waals surface area contributed by atoms with E-state index >= 15 is 0 Å². The smallest absolute Gasteiger partial charge is 0.102 e. The van der Waals surface area contributed by atoms with Gasteiger partial charge < -0.3 is 5.11 Å². The van der Waals surface area contributed by atoms with Crippen LogP contribution in [0.25, 0.3) is 0 Å². The Labute approximate surface area is 82.4 Å². The van der Waals surface area contributed by atoms with Gasteiger partial charge in [0.1, 0.15) is 5.60 Å². The van der Waals surface area contributed by atoms with E-state index in [9.17, 15) is 5.11 Å². The van der Waals surface area contributed by atoms with Gasteiger partial charge in [0.15, 0.2) is 0 Å². The van der Waals surface area contributed by atoms with Gasteiger partial charge >= 0.3 is 0 Å². The van der Waals surface area contributed by atoms with Crippen LogP contribution in [0.5, 0.6) is 0 Å². The molecule has 0 spiro atoms. The highest BCUT2D eigenvalue weighted by Gasteiger charge is 2.40. The van der Waals surface area contributed by atoms with E-state index < -0.39 is 5.60 Å². The van der Waals surface area contributed by atoms with Gasteiger partial charge in [-0.05, 0) is 29.9 Å². The molecule has 2 nitrogen and oxygen atoms in total. The molecule has 1 aromatic heterocycles. The summed E-state index contributed by atoms with van der Waals surface area (Å²) >= 11 is 1.83. The maximum absolute atomic E-state index is 10.4. The molecule has 13 heavy (non-hydrogen) atoms. The zero-order valence-corrected chi connectivity index (χ0v) is 8.42. The Morgan fingerprint density at radius 1 is 1.54 bits per heavy atom. The Hall–Kier alpha value is -0.540. The number of aliphatic hydroxyl groups is 1. The molecule has 0 bridgehead atoms. The molecule has 1 aliphatic heterocycles. The molecule has 2 atom stereocenters. The summed E-state index contributed by atoms with van der Waals surface area (Å²) in [5.41, 5.74) is 0.369. The van der Waals surface area contributed by atoms with Gasteiger partial charge in [-0.1, -0.05) is 6.92 Å². The van der Waals surface area contributed by atoms with Gasteiger partial charge in [-0.25, -0.2) is 0 Å². The Morgan fingerprint density at radius 2 is 2.23 bits per heavy atom. The van der Waals surface area contributed by atoms with Crippen LogP contribution >= 0.6 is 11.8 Å². The van der Waals surface area contributed by atoms with Crippen molar-refractivity contribution in [2.45, 2.75) is 24.2 Å². The fraction of sp³-hybridized carbons (Fsp3) is 0.500. The molecule has 1 aromatic rings. The first kappa shape index (κ1) is 9.03. The minimum Gasteiger partial charge on any atom is -0.384 e. The topological polar surface area (TPSA) is 33.1 Å². The van der Waals surface area contributed by atoms with Crippen LogP contribution in [0.3, 0.4) is 0 Å². The molecule has 0 radical (unpaired) electrons. The van der Waals surface area contributed by atoms with Gasteiger partial charge in [0.25, 0.3) is 0 Å². The van der Waals surface area contributed by atoms with Crippen molar-refractivity contribution in [2.24, 2.45) is 0 Å². The van der Waals surface area contributed by atoms with Crippen molar-refractivity contribution >= 4 is 11.8 Å². The third-order valence-electron chi connectivity index (χ3n) is 2.70. The standard InChI is InChI=1S/C10H13NOS/c1-8-10(12,4-7-13-8)9-2-5-11-6-3-9/h2-3,5-6,8,12H,4,7H2,1H3. The first-order valence-corrected chi connectivity index (χ1v) is 5.53. The third-order valence-corrected chi connectivity index (χ3v) is 4.03. The van der Waals surface area contributed by atoms with E-state index in [2.05, 4.69) is 11.9 Å². The normalized spacial score (nSPS) is 33.5. The molecule has 0 aromatic carbocycles. The average molecular weight is 195 g/mol. The zero-order valence-electron chi connectivity index (χ0n) is 7.60. The summed E-state index contributed by atoms with van der Waals surface area (Å²) in [4.78, 5) is 3.96. The molecule has 1 N–H and O–H groups in total. The summed E-state index contributed by atoms with van der Waals surface area (Å²) < 4.78 is 0. The van der Waals surface area contributed by atoms with Crippen LogP contribution in [0, 0.1) is 0 Å². The number of hydrogen-bond donors (Lipinski definition) is 1. The summed E-state index contributed by atoms with van der Waals surface area (Å²) in [6.07, 6.45) is 4.33. The maximum atomic E-state index is 10.4. The van der Waals surface area contributed by atoms with E-state index in [1.54, 1.807) is 12.4 Å². The van der Waals surface area contributed by atoms with Crippen molar-refractivity contribution in [1.29, 1.82) is 0 Å². The number of hydrogen-bond acceptors (Lipinski definition) is 3. The Balaban J connectivity index is 2.34. The van der Waals surface area contributed by atoms with E-state index in [4.69, 9.17) is 0 Å². The highest BCUT2D eigenvalue weighted by Crippen LogP contribution is 2.42.